The van der Waals surface area contributed by atoms with Gasteiger partial charge in [0, 0.05) is 5.54 Å². The van der Waals surface area contributed by atoms with Crippen LogP contribution in [0.1, 0.15) is 32.6 Å². The minimum absolute atomic E-state index is 0.0324. The fourth-order valence-corrected chi connectivity index (χ4v) is 2.29. The third-order valence-corrected chi connectivity index (χ3v) is 3.35. The van der Waals surface area contributed by atoms with Crippen molar-refractivity contribution in [1.29, 1.82) is 0 Å². The Bertz CT molecular complexity index is 257. The summed E-state index contributed by atoms with van der Waals surface area (Å²) in [5, 5.41) is 3.30. The molecule has 0 aromatic rings. The van der Waals surface area contributed by atoms with Crippen molar-refractivity contribution in [3.8, 4) is 0 Å². The van der Waals surface area contributed by atoms with E-state index in [2.05, 4.69) is 12.2 Å². The van der Waals surface area contributed by atoms with E-state index < -0.39 is 10.2 Å². The van der Waals surface area contributed by atoms with E-state index in [0.717, 1.165) is 25.8 Å². The van der Waals surface area contributed by atoms with Crippen molar-refractivity contribution >= 4 is 10.2 Å². The van der Waals surface area contributed by atoms with Crippen LogP contribution in [0.4, 0.5) is 3.89 Å². The van der Waals surface area contributed by atoms with Crippen molar-refractivity contribution in [2.24, 2.45) is 0 Å². The lowest BCUT2D eigenvalue weighted by Gasteiger charge is -2.23. The lowest BCUT2D eigenvalue weighted by atomic mass is 9.95. The maximum Gasteiger partial charge on any atom is 0.302 e. The number of halogens is 1. The van der Waals surface area contributed by atoms with Gasteiger partial charge in [0.1, 0.15) is 0 Å². The molecule has 0 radical (unpaired) electrons. The fraction of sp³-hybridized carbons (Fsp3) is 1.00. The molecule has 1 heterocycles. The molecule has 0 aliphatic carbocycles. The Balaban J connectivity index is 2.26. The molecule has 1 saturated heterocycles. The highest BCUT2D eigenvalue weighted by Crippen LogP contribution is 2.23. The van der Waals surface area contributed by atoms with E-state index in [9.17, 15) is 12.3 Å². The number of hydrogen-bond acceptors (Lipinski definition) is 3. The quantitative estimate of drug-likeness (QED) is 0.708. The highest BCUT2D eigenvalue weighted by Gasteiger charge is 2.27. The molecule has 1 rings (SSSR count). The molecule has 0 aromatic carbocycles. The minimum atomic E-state index is -4.27. The number of nitrogens with one attached hydrogen (secondary N) is 1. The summed E-state index contributed by atoms with van der Waals surface area (Å²) in [4.78, 5) is 0. The van der Waals surface area contributed by atoms with Crippen LogP contribution in [0, 0.1) is 0 Å². The van der Waals surface area contributed by atoms with E-state index in [-0.39, 0.29) is 11.3 Å². The van der Waals surface area contributed by atoms with Gasteiger partial charge in [-0.05, 0) is 39.2 Å². The van der Waals surface area contributed by atoms with E-state index in [1.165, 1.54) is 0 Å². The van der Waals surface area contributed by atoms with Gasteiger partial charge in [0.15, 0.2) is 0 Å². The van der Waals surface area contributed by atoms with Gasteiger partial charge in [-0.25, -0.2) is 0 Å². The number of hydrogen-bond donors (Lipinski definition) is 1. The third kappa shape index (κ3) is 4.04. The average Bonchev–Trinajstić information content (AvgIpc) is 2.33. The highest BCUT2D eigenvalue weighted by molar-refractivity contribution is 7.86. The topological polar surface area (TPSA) is 46.2 Å². The zero-order chi connectivity index (χ0) is 9.95. The molecule has 1 aliphatic rings. The molecular weight excluding hydrogens is 193 g/mol. The van der Waals surface area contributed by atoms with E-state index in [0.29, 0.717) is 6.42 Å². The summed E-state index contributed by atoms with van der Waals surface area (Å²) in [6.07, 6.45) is 3.32. The predicted octanol–water partition coefficient (Wildman–Crippen LogP) is 1.21. The first kappa shape index (κ1) is 10.9. The molecule has 0 bridgehead atoms. The van der Waals surface area contributed by atoms with Crippen LogP contribution in [0.2, 0.25) is 0 Å². The Morgan fingerprint density at radius 2 is 2.23 bits per heavy atom. The summed E-state index contributed by atoms with van der Waals surface area (Å²) in [5.74, 6) is -0.343. The van der Waals surface area contributed by atoms with Gasteiger partial charge in [0.25, 0.3) is 0 Å². The van der Waals surface area contributed by atoms with Gasteiger partial charge in [0.2, 0.25) is 0 Å². The predicted molar refractivity (Wildman–Crippen MR) is 49.8 cm³/mol. The molecule has 3 nitrogen and oxygen atoms in total. The van der Waals surface area contributed by atoms with Gasteiger partial charge in [-0.15, -0.1) is 3.89 Å². The molecule has 13 heavy (non-hydrogen) atoms. The summed E-state index contributed by atoms with van der Waals surface area (Å²) in [6, 6.07) is 0. The van der Waals surface area contributed by atoms with Gasteiger partial charge < -0.3 is 5.32 Å². The maximum atomic E-state index is 12.1. The molecule has 1 N–H and O–H groups in total. The molecule has 78 valence electrons. The SMILES string of the molecule is CC1(CCCS(=O)(=O)F)CCCN1. The zero-order valence-electron chi connectivity index (χ0n) is 7.85. The third-order valence-electron chi connectivity index (χ3n) is 2.57. The lowest BCUT2D eigenvalue weighted by Crippen LogP contribution is -2.36. The van der Waals surface area contributed by atoms with Crippen molar-refractivity contribution in [3.05, 3.63) is 0 Å². The molecule has 0 saturated carbocycles. The van der Waals surface area contributed by atoms with Gasteiger partial charge in [-0.2, -0.15) is 8.42 Å². The molecule has 5 heteroatoms. The van der Waals surface area contributed by atoms with Crippen LogP contribution in [0.15, 0.2) is 0 Å². The molecule has 0 amide bonds. The van der Waals surface area contributed by atoms with E-state index >= 15 is 0 Å². The van der Waals surface area contributed by atoms with Crippen LogP contribution >= 0.6 is 0 Å². The molecule has 0 spiro atoms. The van der Waals surface area contributed by atoms with Crippen molar-refractivity contribution in [1.82, 2.24) is 5.32 Å². The van der Waals surface area contributed by atoms with E-state index in [1.54, 1.807) is 0 Å². The molecule has 0 aromatic heterocycles. The van der Waals surface area contributed by atoms with Crippen LogP contribution < -0.4 is 5.32 Å². The van der Waals surface area contributed by atoms with Gasteiger partial charge >= 0.3 is 10.2 Å². The Morgan fingerprint density at radius 3 is 2.69 bits per heavy atom. The van der Waals surface area contributed by atoms with E-state index in [4.69, 9.17) is 0 Å². The Labute approximate surface area is 78.9 Å². The molecule has 1 fully saturated rings. The van der Waals surface area contributed by atoms with Crippen LogP contribution in [0.25, 0.3) is 0 Å². The Hall–Kier alpha value is -0.160. The standard InChI is InChI=1S/C8H16FNO2S/c1-8(4-2-6-10-8)5-3-7-13(9,11)12/h10H,2-7H2,1H3. The second-order valence-corrected chi connectivity index (χ2v) is 5.42. The van der Waals surface area contributed by atoms with Gasteiger partial charge in [-0.3, -0.25) is 0 Å². The Morgan fingerprint density at radius 1 is 1.54 bits per heavy atom. The van der Waals surface area contributed by atoms with Crippen molar-refractivity contribution in [2.75, 3.05) is 12.3 Å². The van der Waals surface area contributed by atoms with Crippen LogP contribution in [0.3, 0.4) is 0 Å². The van der Waals surface area contributed by atoms with E-state index in [1.807, 2.05) is 0 Å². The van der Waals surface area contributed by atoms with Crippen molar-refractivity contribution in [3.63, 3.8) is 0 Å². The second-order valence-electron chi connectivity index (χ2n) is 3.94. The first-order chi connectivity index (χ1) is 5.91. The summed E-state index contributed by atoms with van der Waals surface area (Å²) in [7, 11) is -4.27. The monoisotopic (exact) mass is 209 g/mol. The summed E-state index contributed by atoms with van der Waals surface area (Å²) in [6.45, 7) is 3.05. The van der Waals surface area contributed by atoms with Crippen LogP contribution in [0.5, 0.6) is 0 Å². The summed E-state index contributed by atoms with van der Waals surface area (Å²) >= 11 is 0. The zero-order valence-corrected chi connectivity index (χ0v) is 8.66. The number of rotatable bonds is 4. The molecular formula is C8H16FNO2S. The summed E-state index contributed by atoms with van der Waals surface area (Å²) in [5.41, 5.74) is 0.0324. The normalized spacial score (nSPS) is 29.4. The molecule has 1 atom stereocenters. The van der Waals surface area contributed by atoms with Crippen molar-refractivity contribution in [2.45, 2.75) is 38.1 Å². The minimum Gasteiger partial charge on any atom is -0.312 e. The fourth-order valence-electron chi connectivity index (χ4n) is 1.81. The maximum absolute atomic E-state index is 12.1. The first-order valence-corrected chi connectivity index (χ1v) is 6.14. The average molecular weight is 209 g/mol. The van der Waals surface area contributed by atoms with Gasteiger partial charge in [0.05, 0.1) is 5.75 Å². The second kappa shape index (κ2) is 3.92. The molecule has 1 aliphatic heterocycles. The Kier molecular flexibility index (Phi) is 3.29. The van der Waals surface area contributed by atoms with Crippen LogP contribution in [-0.2, 0) is 10.2 Å². The first-order valence-electron chi connectivity index (χ1n) is 4.59. The van der Waals surface area contributed by atoms with Crippen molar-refractivity contribution < 1.29 is 12.3 Å². The lowest BCUT2D eigenvalue weighted by molar-refractivity contribution is 0.379. The molecule has 1 unspecified atom stereocenters. The smallest absolute Gasteiger partial charge is 0.302 e. The summed E-state index contributed by atoms with van der Waals surface area (Å²) < 4.78 is 32.6. The largest absolute Gasteiger partial charge is 0.312 e. The van der Waals surface area contributed by atoms with Crippen LogP contribution in [-0.4, -0.2) is 26.3 Å². The highest BCUT2D eigenvalue weighted by atomic mass is 32.3. The van der Waals surface area contributed by atoms with Gasteiger partial charge in [-0.1, -0.05) is 0 Å².